The van der Waals surface area contributed by atoms with Gasteiger partial charge in [-0.05, 0) is 29.8 Å². The van der Waals surface area contributed by atoms with Gasteiger partial charge in [-0.25, -0.2) is 9.67 Å². The number of nitrogens with zero attached hydrogens (tertiary/aromatic N) is 5. The first-order valence-electron chi connectivity index (χ1n) is 11.8. The molecule has 2 amide bonds. The zero-order valence-corrected chi connectivity index (χ0v) is 20.9. The first kappa shape index (κ1) is 24.5. The summed E-state index contributed by atoms with van der Waals surface area (Å²) in [6, 6.07) is 14.5. The number of amides is 2. The maximum absolute atomic E-state index is 12.9. The van der Waals surface area contributed by atoms with E-state index < -0.39 is 5.92 Å². The van der Waals surface area contributed by atoms with Gasteiger partial charge in [0.2, 0.25) is 11.8 Å². The third-order valence-corrected chi connectivity index (χ3v) is 6.58. The molecular weight excluding hydrogens is 496 g/mol. The fourth-order valence-electron chi connectivity index (χ4n) is 4.45. The number of methoxy groups -OCH3 is 1. The quantitative estimate of drug-likeness (QED) is 0.382. The molecule has 0 aliphatic carbocycles. The lowest BCUT2D eigenvalue weighted by Gasteiger charge is -2.17. The molecule has 190 valence electrons. The molecule has 1 N–H and O–H groups in total. The monoisotopic (exact) mass is 520 g/mol. The van der Waals surface area contributed by atoms with Crippen LogP contribution < -0.4 is 20.5 Å². The van der Waals surface area contributed by atoms with Gasteiger partial charge < -0.3 is 15.0 Å². The average molecular weight is 521 g/mol. The smallest absolute Gasteiger partial charge is 0.264 e. The molecule has 5 rings (SSSR count). The third-order valence-electron chi connectivity index (χ3n) is 6.35. The molecule has 2 aromatic carbocycles. The van der Waals surface area contributed by atoms with Crippen LogP contribution in [0.1, 0.15) is 12.0 Å². The summed E-state index contributed by atoms with van der Waals surface area (Å²) in [6.45, 7) is 1.26. The van der Waals surface area contributed by atoms with E-state index in [4.69, 9.17) is 16.3 Å². The Labute approximate surface area is 217 Å². The molecule has 1 atom stereocenters. The number of carbonyl (C=O) groups is 2. The minimum absolute atomic E-state index is 0.107. The lowest BCUT2D eigenvalue weighted by atomic mass is 10.1. The van der Waals surface area contributed by atoms with Gasteiger partial charge in [-0.3, -0.25) is 19.0 Å². The number of fused-ring (bicyclic) bond motifs is 1. The Morgan fingerprint density at radius 2 is 2.03 bits per heavy atom. The Kier molecular flexibility index (Phi) is 6.91. The Morgan fingerprint density at radius 1 is 1.19 bits per heavy atom. The highest BCUT2D eigenvalue weighted by molar-refractivity contribution is 6.30. The van der Waals surface area contributed by atoms with Crippen LogP contribution in [0, 0.1) is 5.92 Å². The fourth-order valence-corrected chi connectivity index (χ4v) is 4.66. The van der Waals surface area contributed by atoms with Crippen molar-refractivity contribution in [2.45, 2.75) is 19.5 Å². The number of ether oxygens (including phenoxy) is 1. The molecule has 0 saturated carbocycles. The van der Waals surface area contributed by atoms with E-state index in [1.165, 1.54) is 17.1 Å². The predicted molar refractivity (Wildman–Crippen MR) is 139 cm³/mol. The van der Waals surface area contributed by atoms with Crippen molar-refractivity contribution in [3.8, 4) is 5.75 Å². The van der Waals surface area contributed by atoms with Crippen molar-refractivity contribution in [2.24, 2.45) is 5.92 Å². The van der Waals surface area contributed by atoms with Gasteiger partial charge in [-0.2, -0.15) is 5.10 Å². The molecule has 0 bridgehead atoms. The number of aromatic nitrogens is 4. The van der Waals surface area contributed by atoms with Crippen molar-refractivity contribution in [1.82, 2.24) is 24.6 Å². The van der Waals surface area contributed by atoms with Gasteiger partial charge in [0, 0.05) is 36.3 Å². The summed E-state index contributed by atoms with van der Waals surface area (Å²) in [6.07, 6.45) is 3.11. The third kappa shape index (κ3) is 5.19. The molecule has 1 saturated heterocycles. The minimum Gasteiger partial charge on any atom is -0.497 e. The maximum Gasteiger partial charge on any atom is 0.264 e. The van der Waals surface area contributed by atoms with Gasteiger partial charge in [0.25, 0.3) is 5.56 Å². The average Bonchev–Trinajstić information content (AvgIpc) is 3.50. The van der Waals surface area contributed by atoms with Crippen LogP contribution in [0.5, 0.6) is 5.75 Å². The topological polar surface area (TPSA) is 111 Å². The predicted octanol–water partition coefficient (Wildman–Crippen LogP) is 2.47. The summed E-state index contributed by atoms with van der Waals surface area (Å²) in [5, 5.41) is 8.16. The van der Waals surface area contributed by atoms with Crippen molar-refractivity contribution in [3.63, 3.8) is 0 Å². The van der Waals surface area contributed by atoms with E-state index in [0.29, 0.717) is 47.1 Å². The summed E-state index contributed by atoms with van der Waals surface area (Å²) in [7, 11) is 1.57. The van der Waals surface area contributed by atoms with Crippen molar-refractivity contribution < 1.29 is 14.3 Å². The SMILES string of the molecule is COc1cccc(N2CC(C(=O)NCCn3ncc4c(=O)n(Cc5cccc(Cl)c5)cnc43)CC2=O)c1. The second-order valence-corrected chi connectivity index (χ2v) is 9.25. The van der Waals surface area contributed by atoms with Crippen LogP contribution in [0.15, 0.2) is 65.8 Å². The second-order valence-electron chi connectivity index (χ2n) is 8.81. The Bertz CT molecular complexity index is 1530. The number of rotatable bonds is 8. The van der Waals surface area contributed by atoms with E-state index in [-0.39, 0.29) is 30.3 Å². The van der Waals surface area contributed by atoms with Crippen LogP contribution in [-0.4, -0.2) is 51.3 Å². The zero-order chi connectivity index (χ0) is 25.9. The van der Waals surface area contributed by atoms with Crippen LogP contribution in [0.25, 0.3) is 11.0 Å². The highest BCUT2D eigenvalue weighted by atomic mass is 35.5. The van der Waals surface area contributed by atoms with E-state index in [0.717, 1.165) is 5.56 Å². The molecule has 4 aromatic rings. The fraction of sp³-hybridized carbons (Fsp3) is 0.269. The largest absolute Gasteiger partial charge is 0.497 e. The number of halogens is 1. The number of benzene rings is 2. The Morgan fingerprint density at radius 3 is 2.84 bits per heavy atom. The van der Waals surface area contributed by atoms with Gasteiger partial charge in [0.05, 0.1) is 32.3 Å². The number of hydrogen-bond acceptors (Lipinski definition) is 6. The van der Waals surface area contributed by atoms with E-state index in [1.807, 2.05) is 24.3 Å². The van der Waals surface area contributed by atoms with Gasteiger partial charge in [0.1, 0.15) is 17.5 Å². The molecule has 2 aromatic heterocycles. The molecule has 0 spiro atoms. The molecule has 37 heavy (non-hydrogen) atoms. The van der Waals surface area contributed by atoms with E-state index in [9.17, 15) is 14.4 Å². The van der Waals surface area contributed by atoms with Gasteiger partial charge in [-0.1, -0.05) is 29.8 Å². The van der Waals surface area contributed by atoms with Gasteiger partial charge in [0.15, 0.2) is 5.65 Å². The Balaban J connectivity index is 1.20. The lowest BCUT2D eigenvalue weighted by Crippen LogP contribution is -2.35. The van der Waals surface area contributed by atoms with Crippen LogP contribution >= 0.6 is 11.6 Å². The standard InChI is InChI=1S/C26H25ClN6O4/c1-37-21-7-3-6-20(12-21)32-15-18(11-23(32)34)25(35)28-8-9-33-24-22(13-30-33)26(36)31(16-29-24)14-17-4-2-5-19(27)10-17/h2-7,10,12-13,16,18H,8-9,11,14-15H2,1H3,(H,28,35). The highest BCUT2D eigenvalue weighted by Gasteiger charge is 2.35. The summed E-state index contributed by atoms with van der Waals surface area (Å²) in [5.41, 5.74) is 1.83. The van der Waals surface area contributed by atoms with Crippen LogP contribution in [0.2, 0.25) is 5.02 Å². The number of carbonyl (C=O) groups excluding carboxylic acids is 2. The molecule has 10 nitrogen and oxygen atoms in total. The summed E-state index contributed by atoms with van der Waals surface area (Å²) < 4.78 is 8.32. The molecule has 1 aliphatic heterocycles. The van der Waals surface area contributed by atoms with Crippen molar-refractivity contribution in [3.05, 3.63) is 82.0 Å². The van der Waals surface area contributed by atoms with Crippen LogP contribution in [0.3, 0.4) is 0 Å². The summed E-state index contributed by atoms with van der Waals surface area (Å²) in [4.78, 5) is 44.2. The summed E-state index contributed by atoms with van der Waals surface area (Å²) >= 11 is 6.05. The first-order valence-corrected chi connectivity index (χ1v) is 12.2. The number of anilines is 1. The van der Waals surface area contributed by atoms with Gasteiger partial charge in [-0.15, -0.1) is 0 Å². The van der Waals surface area contributed by atoms with Crippen molar-refractivity contribution >= 4 is 40.1 Å². The van der Waals surface area contributed by atoms with Crippen LogP contribution in [0.4, 0.5) is 5.69 Å². The molecule has 11 heteroatoms. The molecule has 1 aliphatic rings. The Hall–Kier alpha value is -4.18. The first-order chi connectivity index (χ1) is 17.9. The summed E-state index contributed by atoms with van der Waals surface area (Å²) in [5.74, 6) is -0.115. The second kappa shape index (κ2) is 10.4. The number of nitrogens with one attached hydrogen (secondary N) is 1. The normalized spacial score (nSPS) is 15.4. The van der Waals surface area contributed by atoms with E-state index in [2.05, 4.69) is 15.4 Å². The lowest BCUT2D eigenvalue weighted by molar-refractivity contribution is -0.126. The molecular formula is C26H25ClN6O4. The molecule has 3 heterocycles. The minimum atomic E-state index is -0.454. The van der Waals surface area contributed by atoms with Crippen molar-refractivity contribution in [1.29, 1.82) is 0 Å². The van der Waals surface area contributed by atoms with E-state index >= 15 is 0 Å². The molecule has 0 radical (unpaired) electrons. The van der Waals surface area contributed by atoms with Gasteiger partial charge >= 0.3 is 0 Å². The molecule has 1 unspecified atom stereocenters. The maximum atomic E-state index is 12.9. The highest BCUT2D eigenvalue weighted by Crippen LogP contribution is 2.28. The molecule has 1 fully saturated rings. The van der Waals surface area contributed by atoms with Crippen molar-refractivity contribution in [2.75, 3.05) is 25.1 Å². The van der Waals surface area contributed by atoms with E-state index in [1.54, 1.807) is 41.0 Å². The zero-order valence-electron chi connectivity index (χ0n) is 20.1. The number of hydrogen-bond donors (Lipinski definition) is 1. The van der Waals surface area contributed by atoms with Crippen LogP contribution in [-0.2, 0) is 22.7 Å².